The van der Waals surface area contributed by atoms with E-state index in [1.807, 2.05) is 0 Å². The second-order valence-corrected chi connectivity index (χ2v) is 4.65. The normalized spacial score (nSPS) is 16.6. The highest BCUT2D eigenvalue weighted by Crippen LogP contribution is 2.44. The molecule has 0 spiro atoms. The van der Waals surface area contributed by atoms with Gasteiger partial charge in [0, 0.05) is 0 Å². The van der Waals surface area contributed by atoms with Gasteiger partial charge in [0.15, 0.2) is 0 Å². The molecule has 6 nitrogen and oxygen atoms in total. The highest BCUT2D eigenvalue weighted by molar-refractivity contribution is 7.52. The number of carboxylic acid groups (broad SMARTS) is 1. The Labute approximate surface area is 75.9 Å². The Morgan fingerprint density at radius 1 is 1.54 bits per heavy atom. The van der Waals surface area contributed by atoms with Gasteiger partial charge >= 0.3 is 13.6 Å². The van der Waals surface area contributed by atoms with Crippen molar-refractivity contribution >= 4 is 13.6 Å². The fraction of sp³-hybridized carbons (Fsp3) is 0.833. The van der Waals surface area contributed by atoms with Crippen molar-refractivity contribution in [2.24, 2.45) is 5.73 Å². The third-order valence-electron chi connectivity index (χ3n) is 1.72. The van der Waals surface area contributed by atoms with E-state index in [0.717, 1.165) is 0 Å². The number of nitrogens with two attached hydrogens (primary N) is 1. The number of hydrogen-bond donors (Lipinski definition) is 4. The van der Waals surface area contributed by atoms with Crippen molar-refractivity contribution in [3.05, 3.63) is 0 Å². The van der Waals surface area contributed by atoms with Gasteiger partial charge in [-0.1, -0.05) is 13.3 Å². The molecule has 0 saturated heterocycles. The molecule has 2 unspecified atom stereocenters. The lowest BCUT2D eigenvalue weighted by molar-refractivity contribution is -0.138. The van der Waals surface area contributed by atoms with Gasteiger partial charge < -0.3 is 20.6 Å². The molecule has 7 heteroatoms. The molecular formula is C6H14NO5P. The molecule has 0 aromatic rings. The summed E-state index contributed by atoms with van der Waals surface area (Å²) in [5, 5.41) is 8.47. The van der Waals surface area contributed by atoms with Crippen LogP contribution in [0.3, 0.4) is 0 Å². The van der Waals surface area contributed by atoms with Crippen molar-refractivity contribution in [3.8, 4) is 0 Å². The smallest absolute Gasteiger partial charge is 0.330 e. The largest absolute Gasteiger partial charge is 0.480 e. The van der Waals surface area contributed by atoms with Crippen LogP contribution in [0.25, 0.3) is 0 Å². The zero-order valence-corrected chi connectivity index (χ0v) is 8.15. The summed E-state index contributed by atoms with van der Waals surface area (Å²) in [6, 6.07) is -1.50. The molecule has 0 aliphatic rings. The van der Waals surface area contributed by atoms with Crippen LogP contribution in [0.15, 0.2) is 0 Å². The van der Waals surface area contributed by atoms with Crippen LogP contribution in [0.1, 0.15) is 19.8 Å². The number of aliphatic carboxylic acids is 1. The first-order valence-corrected chi connectivity index (χ1v) is 5.52. The number of rotatable bonds is 5. The first-order valence-electron chi connectivity index (χ1n) is 3.84. The van der Waals surface area contributed by atoms with Gasteiger partial charge in [-0.3, -0.25) is 9.36 Å². The zero-order chi connectivity index (χ0) is 10.6. The van der Waals surface area contributed by atoms with Crippen molar-refractivity contribution in [3.63, 3.8) is 0 Å². The van der Waals surface area contributed by atoms with Gasteiger partial charge in [-0.2, -0.15) is 0 Å². The minimum absolute atomic E-state index is 0.109. The second-order valence-electron chi connectivity index (χ2n) is 2.81. The second kappa shape index (κ2) is 4.72. The van der Waals surface area contributed by atoms with E-state index in [9.17, 15) is 9.36 Å². The molecule has 5 N–H and O–H groups in total. The van der Waals surface area contributed by atoms with E-state index < -0.39 is 25.3 Å². The molecule has 0 rings (SSSR count). The van der Waals surface area contributed by atoms with E-state index in [-0.39, 0.29) is 6.42 Å². The standard InChI is InChI=1S/C6H14NO5P/c1-2-3-4(13(10,11)12)5(7)6(8)9/h4-5H,2-3,7H2,1H3,(H,8,9)(H2,10,11,12). The predicted molar refractivity (Wildman–Crippen MR) is 46.4 cm³/mol. The van der Waals surface area contributed by atoms with Crippen molar-refractivity contribution in [2.75, 3.05) is 0 Å². The van der Waals surface area contributed by atoms with Crippen LogP contribution in [0.4, 0.5) is 0 Å². The molecule has 0 aromatic carbocycles. The van der Waals surface area contributed by atoms with E-state index in [2.05, 4.69) is 0 Å². The Bertz CT molecular complexity index is 225. The Morgan fingerprint density at radius 3 is 2.23 bits per heavy atom. The van der Waals surface area contributed by atoms with Gasteiger partial charge in [0.1, 0.15) is 6.04 Å². The molecule has 78 valence electrons. The minimum Gasteiger partial charge on any atom is -0.480 e. The molecule has 13 heavy (non-hydrogen) atoms. The lowest BCUT2D eigenvalue weighted by Gasteiger charge is -2.20. The first kappa shape index (κ1) is 12.6. The highest BCUT2D eigenvalue weighted by Gasteiger charge is 2.37. The van der Waals surface area contributed by atoms with Gasteiger partial charge in [0.25, 0.3) is 0 Å². The molecule has 2 atom stereocenters. The van der Waals surface area contributed by atoms with E-state index in [0.29, 0.717) is 6.42 Å². The Balaban J connectivity index is 4.61. The summed E-state index contributed by atoms with van der Waals surface area (Å²) in [6.07, 6.45) is 0.592. The first-order chi connectivity index (χ1) is 5.80. The Hall–Kier alpha value is -0.420. The van der Waals surface area contributed by atoms with E-state index in [4.69, 9.17) is 20.6 Å². The molecule has 0 bridgehead atoms. The Morgan fingerprint density at radius 2 is 2.00 bits per heavy atom. The van der Waals surface area contributed by atoms with Crippen LogP contribution >= 0.6 is 7.60 Å². The molecule has 0 amide bonds. The van der Waals surface area contributed by atoms with Gasteiger partial charge in [0.2, 0.25) is 0 Å². The number of carbonyl (C=O) groups is 1. The van der Waals surface area contributed by atoms with Gasteiger partial charge in [0.05, 0.1) is 5.66 Å². The SMILES string of the molecule is CCCC(C(N)C(=O)O)P(=O)(O)O. The molecule has 0 aliphatic carbocycles. The van der Waals surface area contributed by atoms with Crippen molar-refractivity contribution < 1.29 is 24.3 Å². The summed E-state index contributed by atoms with van der Waals surface area (Å²) in [4.78, 5) is 28.0. The Kier molecular flexibility index (Phi) is 4.56. The average Bonchev–Trinajstić information content (AvgIpc) is 1.96. The lowest BCUT2D eigenvalue weighted by Crippen LogP contribution is -2.41. The third kappa shape index (κ3) is 3.87. The fourth-order valence-corrected chi connectivity index (χ4v) is 2.16. The predicted octanol–water partition coefficient (Wildman–Crippen LogP) is -0.255. The van der Waals surface area contributed by atoms with Crippen LogP contribution in [-0.2, 0) is 9.36 Å². The van der Waals surface area contributed by atoms with E-state index in [1.165, 1.54) is 0 Å². The maximum Gasteiger partial charge on any atom is 0.330 e. The van der Waals surface area contributed by atoms with Crippen LogP contribution in [0.2, 0.25) is 0 Å². The van der Waals surface area contributed by atoms with Crippen LogP contribution in [0, 0.1) is 0 Å². The summed E-state index contributed by atoms with van der Waals surface area (Å²) in [5.41, 5.74) is 3.86. The quantitative estimate of drug-likeness (QED) is 0.465. The minimum atomic E-state index is -4.41. The summed E-state index contributed by atoms with van der Waals surface area (Å²) < 4.78 is 10.8. The van der Waals surface area contributed by atoms with Gasteiger partial charge in [-0.05, 0) is 6.42 Å². The molecule has 0 aliphatic heterocycles. The van der Waals surface area contributed by atoms with E-state index in [1.54, 1.807) is 6.92 Å². The van der Waals surface area contributed by atoms with Crippen LogP contribution in [-0.4, -0.2) is 32.6 Å². The lowest BCUT2D eigenvalue weighted by atomic mass is 10.1. The van der Waals surface area contributed by atoms with Gasteiger partial charge in [-0.25, -0.2) is 0 Å². The van der Waals surface area contributed by atoms with E-state index >= 15 is 0 Å². The van der Waals surface area contributed by atoms with Crippen LogP contribution in [0.5, 0.6) is 0 Å². The topological polar surface area (TPSA) is 121 Å². The molecule has 0 fully saturated rings. The molecule has 0 radical (unpaired) electrons. The van der Waals surface area contributed by atoms with Crippen LogP contribution < -0.4 is 5.73 Å². The molecule has 0 heterocycles. The van der Waals surface area contributed by atoms with Crippen molar-refractivity contribution in [2.45, 2.75) is 31.5 Å². The summed E-state index contributed by atoms with van der Waals surface area (Å²) in [7, 11) is -4.41. The summed E-state index contributed by atoms with van der Waals surface area (Å²) in [5.74, 6) is -1.39. The van der Waals surface area contributed by atoms with Crippen molar-refractivity contribution in [1.82, 2.24) is 0 Å². The molecule has 0 saturated carbocycles. The number of carboxylic acids is 1. The summed E-state index contributed by atoms with van der Waals surface area (Å²) in [6.45, 7) is 1.71. The van der Waals surface area contributed by atoms with Crippen molar-refractivity contribution in [1.29, 1.82) is 0 Å². The maximum atomic E-state index is 10.8. The average molecular weight is 211 g/mol. The zero-order valence-electron chi connectivity index (χ0n) is 7.25. The maximum absolute atomic E-state index is 10.8. The van der Waals surface area contributed by atoms with Gasteiger partial charge in [-0.15, -0.1) is 0 Å². The number of hydrogen-bond acceptors (Lipinski definition) is 3. The monoisotopic (exact) mass is 211 g/mol. The highest BCUT2D eigenvalue weighted by atomic mass is 31.2. The third-order valence-corrected chi connectivity index (χ3v) is 3.16. The molecule has 0 aromatic heterocycles. The fourth-order valence-electron chi connectivity index (χ4n) is 1.02. The summed E-state index contributed by atoms with van der Waals surface area (Å²) >= 11 is 0. The molecular weight excluding hydrogens is 197 g/mol.